The van der Waals surface area contributed by atoms with Gasteiger partial charge in [0, 0.05) is 24.5 Å². The van der Waals surface area contributed by atoms with Crippen LogP contribution in [0.25, 0.3) is 0 Å². The van der Waals surface area contributed by atoms with Crippen molar-refractivity contribution in [3.05, 3.63) is 54.4 Å². The number of rotatable bonds is 7. The third kappa shape index (κ3) is 4.49. The predicted molar refractivity (Wildman–Crippen MR) is 78.5 cm³/mol. The van der Waals surface area contributed by atoms with Gasteiger partial charge in [-0.2, -0.15) is 0 Å². The van der Waals surface area contributed by atoms with Crippen LogP contribution >= 0.6 is 0 Å². The quantitative estimate of drug-likeness (QED) is 0.791. The van der Waals surface area contributed by atoms with Crippen molar-refractivity contribution >= 4 is 5.91 Å². The molecule has 0 unspecified atom stereocenters. The average Bonchev–Trinajstić information content (AvgIpc) is 2.55. The lowest BCUT2D eigenvalue weighted by atomic mass is 10.2. The van der Waals surface area contributed by atoms with Crippen LogP contribution in [0, 0.1) is 6.07 Å². The second-order valence-corrected chi connectivity index (χ2v) is 4.27. The van der Waals surface area contributed by atoms with Gasteiger partial charge in [-0.05, 0) is 36.8 Å². The summed E-state index contributed by atoms with van der Waals surface area (Å²) in [5, 5.41) is 2.83. The Kier molecular flexibility index (Phi) is 5.58. The van der Waals surface area contributed by atoms with E-state index < -0.39 is 0 Å². The molecular formula is C16H17N2O3. The summed E-state index contributed by atoms with van der Waals surface area (Å²) in [4.78, 5) is 15.6. The highest BCUT2D eigenvalue weighted by Crippen LogP contribution is 2.25. The normalized spacial score (nSPS) is 9.95. The summed E-state index contributed by atoms with van der Waals surface area (Å²) >= 11 is 0. The zero-order valence-electron chi connectivity index (χ0n) is 11.8. The molecule has 0 aliphatic carbocycles. The Balaban J connectivity index is 1.70. The molecular weight excluding hydrogens is 268 g/mol. The lowest BCUT2D eigenvalue weighted by molar-refractivity contribution is 0.0951. The van der Waals surface area contributed by atoms with E-state index in [4.69, 9.17) is 9.47 Å². The molecule has 5 heteroatoms. The van der Waals surface area contributed by atoms with Gasteiger partial charge >= 0.3 is 0 Å². The lowest BCUT2D eigenvalue weighted by Crippen LogP contribution is -2.25. The molecule has 2 aromatic rings. The van der Waals surface area contributed by atoms with Crippen molar-refractivity contribution in [1.29, 1.82) is 0 Å². The van der Waals surface area contributed by atoms with E-state index in [-0.39, 0.29) is 5.91 Å². The molecule has 1 N–H and O–H groups in total. The van der Waals surface area contributed by atoms with Crippen molar-refractivity contribution in [1.82, 2.24) is 10.3 Å². The molecule has 2 rings (SSSR count). The monoisotopic (exact) mass is 285 g/mol. The Morgan fingerprint density at radius 1 is 1.29 bits per heavy atom. The molecule has 0 bridgehead atoms. The van der Waals surface area contributed by atoms with E-state index in [1.54, 1.807) is 49.8 Å². The first-order chi connectivity index (χ1) is 10.3. The van der Waals surface area contributed by atoms with Crippen molar-refractivity contribution in [2.45, 2.75) is 6.42 Å². The maximum Gasteiger partial charge on any atom is 0.251 e. The molecule has 1 amide bonds. The molecule has 21 heavy (non-hydrogen) atoms. The fourth-order valence-electron chi connectivity index (χ4n) is 1.74. The van der Waals surface area contributed by atoms with Gasteiger partial charge in [-0.25, -0.2) is 0 Å². The number of carbonyl (C=O) groups excluding carboxylic acids is 1. The molecule has 1 aromatic carbocycles. The van der Waals surface area contributed by atoms with Gasteiger partial charge in [-0.15, -0.1) is 0 Å². The highest BCUT2D eigenvalue weighted by atomic mass is 16.5. The Morgan fingerprint density at radius 3 is 2.86 bits per heavy atom. The number of nitrogens with zero attached hydrogens (tertiary/aromatic N) is 1. The Hall–Kier alpha value is -2.56. The molecule has 0 atom stereocenters. The average molecular weight is 285 g/mol. The molecule has 1 aromatic heterocycles. The minimum atomic E-state index is -0.107. The third-order valence-corrected chi connectivity index (χ3v) is 2.81. The van der Waals surface area contributed by atoms with E-state index in [9.17, 15) is 4.79 Å². The van der Waals surface area contributed by atoms with Crippen molar-refractivity contribution in [3.63, 3.8) is 0 Å². The number of pyridine rings is 1. The molecule has 0 fully saturated rings. The number of nitrogens with one attached hydrogen (secondary N) is 1. The van der Waals surface area contributed by atoms with Crippen LogP contribution in [0.2, 0.25) is 0 Å². The first kappa shape index (κ1) is 14.8. The second kappa shape index (κ2) is 7.89. The number of hydrogen-bond acceptors (Lipinski definition) is 4. The Labute approximate surface area is 123 Å². The van der Waals surface area contributed by atoms with Crippen LogP contribution < -0.4 is 14.8 Å². The maximum absolute atomic E-state index is 11.8. The van der Waals surface area contributed by atoms with Crippen LogP contribution in [-0.2, 0) is 0 Å². The predicted octanol–water partition coefficient (Wildman–Crippen LogP) is 2.09. The SMILES string of the molecule is COc1c[c]ccc1OCCCNC(=O)c1ccncc1. The third-order valence-electron chi connectivity index (χ3n) is 2.81. The standard InChI is InChI=1S/C16H17N2O3/c1-20-14-5-2-3-6-15(14)21-12-4-9-18-16(19)13-7-10-17-11-8-13/h3,5-8,10-11H,4,9,12H2,1H3,(H,18,19). The highest BCUT2D eigenvalue weighted by molar-refractivity contribution is 5.93. The fourth-order valence-corrected chi connectivity index (χ4v) is 1.74. The van der Waals surface area contributed by atoms with Gasteiger partial charge in [-0.3, -0.25) is 9.78 Å². The molecule has 1 heterocycles. The van der Waals surface area contributed by atoms with Crippen LogP contribution in [0.15, 0.2) is 42.7 Å². The van der Waals surface area contributed by atoms with Crippen LogP contribution in [0.5, 0.6) is 11.5 Å². The molecule has 109 valence electrons. The van der Waals surface area contributed by atoms with E-state index in [1.165, 1.54) is 0 Å². The number of hydrogen-bond donors (Lipinski definition) is 1. The number of benzene rings is 1. The van der Waals surface area contributed by atoms with Crippen LogP contribution in [-0.4, -0.2) is 31.2 Å². The minimum Gasteiger partial charge on any atom is -0.493 e. The molecule has 0 saturated heterocycles. The van der Waals surface area contributed by atoms with Gasteiger partial charge in [0.2, 0.25) is 0 Å². The van der Waals surface area contributed by atoms with Gasteiger partial charge in [0.1, 0.15) is 0 Å². The van der Waals surface area contributed by atoms with Crippen molar-refractivity contribution in [3.8, 4) is 11.5 Å². The summed E-state index contributed by atoms with van der Waals surface area (Å²) in [6.07, 6.45) is 3.89. The summed E-state index contributed by atoms with van der Waals surface area (Å²) in [5.74, 6) is 1.22. The molecule has 1 radical (unpaired) electrons. The fraction of sp³-hybridized carbons (Fsp3) is 0.250. The second-order valence-electron chi connectivity index (χ2n) is 4.27. The van der Waals surface area contributed by atoms with Gasteiger partial charge in [-0.1, -0.05) is 6.07 Å². The first-order valence-electron chi connectivity index (χ1n) is 6.66. The van der Waals surface area contributed by atoms with Gasteiger partial charge < -0.3 is 14.8 Å². The summed E-state index contributed by atoms with van der Waals surface area (Å²) in [5.41, 5.74) is 0.603. The Bertz CT molecular complexity index is 573. The number of aromatic nitrogens is 1. The Morgan fingerprint density at radius 2 is 2.10 bits per heavy atom. The van der Waals surface area contributed by atoms with E-state index in [2.05, 4.69) is 16.4 Å². The topological polar surface area (TPSA) is 60.5 Å². The molecule has 0 aliphatic rings. The van der Waals surface area contributed by atoms with Gasteiger partial charge in [0.15, 0.2) is 11.5 Å². The summed E-state index contributed by atoms with van der Waals surface area (Å²) < 4.78 is 10.8. The van der Waals surface area contributed by atoms with E-state index in [0.717, 1.165) is 0 Å². The van der Waals surface area contributed by atoms with E-state index in [0.29, 0.717) is 36.6 Å². The molecule has 0 aliphatic heterocycles. The van der Waals surface area contributed by atoms with E-state index in [1.807, 2.05) is 0 Å². The largest absolute Gasteiger partial charge is 0.493 e. The lowest BCUT2D eigenvalue weighted by Gasteiger charge is -2.10. The van der Waals surface area contributed by atoms with Crippen LogP contribution in [0.3, 0.4) is 0 Å². The first-order valence-corrected chi connectivity index (χ1v) is 6.66. The van der Waals surface area contributed by atoms with Crippen molar-refractivity contribution in [2.24, 2.45) is 0 Å². The summed E-state index contributed by atoms with van der Waals surface area (Å²) in [6.45, 7) is 1.04. The minimum absolute atomic E-state index is 0.107. The van der Waals surface area contributed by atoms with Crippen LogP contribution in [0.1, 0.15) is 16.8 Å². The maximum atomic E-state index is 11.8. The number of methoxy groups -OCH3 is 1. The van der Waals surface area contributed by atoms with Crippen LogP contribution in [0.4, 0.5) is 0 Å². The molecule has 0 spiro atoms. The number of carbonyl (C=O) groups is 1. The zero-order valence-corrected chi connectivity index (χ0v) is 11.8. The molecule has 0 saturated carbocycles. The zero-order chi connectivity index (χ0) is 14.9. The number of amides is 1. The smallest absolute Gasteiger partial charge is 0.251 e. The molecule has 5 nitrogen and oxygen atoms in total. The van der Waals surface area contributed by atoms with Crippen molar-refractivity contribution in [2.75, 3.05) is 20.3 Å². The number of ether oxygens (including phenoxy) is 2. The highest BCUT2D eigenvalue weighted by Gasteiger charge is 2.04. The van der Waals surface area contributed by atoms with Gasteiger partial charge in [0.25, 0.3) is 5.91 Å². The summed E-state index contributed by atoms with van der Waals surface area (Å²) in [7, 11) is 1.59. The van der Waals surface area contributed by atoms with Crippen molar-refractivity contribution < 1.29 is 14.3 Å². The van der Waals surface area contributed by atoms with Gasteiger partial charge in [0.05, 0.1) is 13.7 Å². The van der Waals surface area contributed by atoms with E-state index >= 15 is 0 Å². The summed E-state index contributed by atoms with van der Waals surface area (Å²) in [6, 6.07) is 11.6.